The van der Waals surface area contributed by atoms with Crippen molar-refractivity contribution in [1.29, 1.82) is 0 Å². The second-order valence-electron chi connectivity index (χ2n) is 5.84. The van der Waals surface area contributed by atoms with Crippen LogP contribution in [0, 0.1) is 0 Å². The van der Waals surface area contributed by atoms with Crippen molar-refractivity contribution in [1.82, 2.24) is 25.1 Å². The average Bonchev–Trinajstić information content (AvgIpc) is 3.09. The summed E-state index contributed by atoms with van der Waals surface area (Å²) in [6.07, 6.45) is 7.50. The first-order chi connectivity index (χ1) is 11.3. The van der Waals surface area contributed by atoms with Gasteiger partial charge in [-0.15, -0.1) is 5.10 Å². The number of rotatable bonds is 3. The first kappa shape index (κ1) is 13.9. The van der Waals surface area contributed by atoms with E-state index < -0.39 is 0 Å². The van der Waals surface area contributed by atoms with E-state index in [0.717, 1.165) is 30.0 Å². The summed E-state index contributed by atoms with van der Waals surface area (Å²) in [7, 11) is 0. The lowest BCUT2D eigenvalue weighted by Gasteiger charge is -2.00. The first-order valence-corrected chi connectivity index (χ1v) is 7.89. The summed E-state index contributed by atoms with van der Waals surface area (Å²) in [5, 5.41) is 12.6. The molecule has 0 saturated heterocycles. The Bertz CT molecular complexity index is 822. The molecular formula is C16H18N6O. The van der Waals surface area contributed by atoms with E-state index in [9.17, 15) is 0 Å². The second-order valence-corrected chi connectivity index (χ2v) is 5.84. The van der Waals surface area contributed by atoms with E-state index in [1.807, 2.05) is 18.3 Å². The monoisotopic (exact) mass is 310 g/mol. The molecule has 0 atom stereocenters. The van der Waals surface area contributed by atoms with Crippen LogP contribution in [0.3, 0.4) is 0 Å². The number of nitrogen functional groups attached to an aromatic ring is 1. The van der Waals surface area contributed by atoms with Crippen LogP contribution in [-0.2, 0) is 19.4 Å². The van der Waals surface area contributed by atoms with Crippen LogP contribution in [0.4, 0.5) is 5.82 Å². The zero-order chi connectivity index (χ0) is 15.6. The molecule has 0 fully saturated rings. The molecule has 118 valence electrons. The Morgan fingerprint density at radius 3 is 2.96 bits per heavy atom. The van der Waals surface area contributed by atoms with Crippen molar-refractivity contribution in [3.05, 3.63) is 41.4 Å². The number of aryl methyl sites for hydroxylation is 1. The maximum Gasteiger partial charge on any atom is 0.140 e. The molecule has 1 aliphatic rings. The first-order valence-electron chi connectivity index (χ1n) is 7.89. The van der Waals surface area contributed by atoms with Crippen LogP contribution in [0.15, 0.2) is 28.9 Å². The molecule has 0 spiro atoms. The summed E-state index contributed by atoms with van der Waals surface area (Å²) in [6, 6.07) is 5.47. The highest BCUT2D eigenvalue weighted by Gasteiger charge is 2.19. The van der Waals surface area contributed by atoms with Crippen LogP contribution in [0.2, 0.25) is 0 Å². The van der Waals surface area contributed by atoms with Gasteiger partial charge < -0.3 is 10.3 Å². The van der Waals surface area contributed by atoms with Gasteiger partial charge in [0.05, 0.1) is 18.4 Å². The Labute approximate surface area is 133 Å². The molecule has 7 nitrogen and oxygen atoms in total. The van der Waals surface area contributed by atoms with Gasteiger partial charge in [0.25, 0.3) is 0 Å². The van der Waals surface area contributed by atoms with Crippen LogP contribution >= 0.6 is 0 Å². The molecule has 23 heavy (non-hydrogen) atoms. The number of anilines is 1. The molecule has 0 unspecified atom stereocenters. The molecule has 0 saturated carbocycles. The predicted molar refractivity (Wildman–Crippen MR) is 84.5 cm³/mol. The number of nitrogens with two attached hydrogens (primary N) is 1. The summed E-state index contributed by atoms with van der Waals surface area (Å²) in [5.74, 6) is 1.51. The highest BCUT2D eigenvalue weighted by molar-refractivity contribution is 5.54. The van der Waals surface area contributed by atoms with Gasteiger partial charge >= 0.3 is 0 Å². The number of pyridine rings is 1. The Kier molecular flexibility index (Phi) is 3.53. The van der Waals surface area contributed by atoms with Gasteiger partial charge in [-0.1, -0.05) is 22.9 Å². The highest BCUT2D eigenvalue weighted by atomic mass is 16.5. The Morgan fingerprint density at radius 1 is 1.13 bits per heavy atom. The number of fused-ring (bicyclic) bond motifs is 1. The lowest BCUT2D eigenvalue weighted by molar-refractivity contribution is 0.372. The number of aromatic nitrogens is 5. The lowest BCUT2D eigenvalue weighted by Crippen LogP contribution is -2.03. The van der Waals surface area contributed by atoms with Crippen LogP contribution in [-0.4, -0.2) is 25.1 Å². The van der Waals surface area contributed by atoms with Crippen molar-refractivity contribution in [3.63, 3.8) is 0 Å². The van der Waals surface area contributed by atoms with Crippen molar-refractivity contribution >= 4 is 5.82 Å². The zero-order valence-electron chi connectivity index (χ0n) is 12.8. The number of hydrogen-bond acceptors (Lipinski definition) is 6. The third-order valence-electron chi connectivity index (χ3n) is 4.17. The van der Waals surface area contributed by atoms with Crippen LogP contribution in [0.1, 0.15) is 36.3 Å². The smallest absolute Gasteiger partial charge is 0.140 e. The fourth-order valence-electron chi connectivity index (χ4n) is 2.99. The average molecular weight is 310 g/mol. The molecule has 3 heterocycles. The molecule has 2 N–H and O–H groups in total. The van der Waals surface area contributed by atoms with E-state index >= 15 is 0 Å². The van der Waals surface area contributed by atoms with Gasteiger partial charge in [0, 0.05) is 12.0 Å². The van der Waals surface area contributed by atoms with Crippen molar-refractivity contribution in [2.75, 3.05) is 5.73 Å². The van der Waals surface area contributed by atoms with E-state index in [4.69, 9.17) is 10.3 Å². The SMILES string of the molecule is Nc1cccc(-c2cn(Cc3noc4c3CCCCC4)nn2)n1. The molecule has 3 aromatic rings. The third kappa shape index (κ3) is 2.81. The van der Waals surface area contributed by atoms with E-state index in [1.54, 1.807) is 10.7 Å². The normalized spacial score (nSPS) is 14.4. The fourth-order valence-corrected chi connectivity index (χ4v) is 2.99. The molecule has 3 aromatic heterocycles. The zero-order valence-corrected chi connectivity index (χ0v) is 12.8. The van der Waals surface area contributed by atoms with Crippen LogP contribution in [0.25, 0.3) is 11.4 Å². The minimum Gasteiger partial charge on any atom is -0.384 e. The Morgan fingerprint density at radius 2 is 2.04 bits per heavy atom. The van der Waals surface area contributed by atoms with E-state index in [1.165, 1.54) is 24.8 Å². The van der Waals surface area contributed by atoms with Gasteiger partial charge in [0.2, 0.25) is 0 Å². The summed E-state index contributed by atoms with van der Waals surface area (Å²) in [4.78, 5) is 4.26. The molecule has 0 aromatic carbocycles. The second kappa shape index (κ2) is 5.83. The maximum absolute atomic E-state index is 5.71. The lowest BCUT2D eigenvalue weighted by atomic mass is 10.1. The topological polar surface area (TPSA) is 95.7 Å². The maximum atomic E-state index is 5.71. The Balaban J connectivity index is 1.58. The van der Waals surface area contributed by atoms with E-state index in [-0.39, 0.29) is 0 Å². The summed E-state index contributed by atoms with van der Waals surface area (Å²) < 4.78 is 7.27. The quantitative estimate of drug-likeness (QED) is 0.745. The van der Waals surface area contributed by atoms with Gasteiger partial charge in [-0.3, -0.25) is 0 Å². The van der Waals surface area contributed by atoms with Gasteiger partial charge in [0.1, 0.15) is 23.0 Å². The van der Waals surface area contributed by atoms with E-state index in [2.05, 4.69) is 20.5 Å². The predicted octanol–water partition coefficient (Wildman–Crippen LogP) is 2.23. The summed E-state index contributed by atoms with van der Waals surface area (Å²) in [5.41, 5.74) is 9.34. The molecule has 0 radical (unpaired) electrons. The highest BCUT2D eigenvalue weighted by Crippen LogP contribution is 2.24. The molecule has 0 amide bonds. The van der Waals surface area contributed by atoms with Crippen LogP contribution in [0.5, 0.6) is 0 Å². The summed E-state index contributed by atoms with van der Waals surface area (Å²) >= 11 is 0. The minimum absolute atomic E-state index is 0.471. The van der Waals surface area contributed by atoms with Gasteiger partial charge in [-0.25, -0.2) is 9.67 Å². The molecule has 0 bridgehead atoms. The third-order valence-corrected chi connectivity index (χ3v) is 4.17. The van der Waals surface area contributed by atoms with Gasteiger partial charge in [-0.05, 0) is 31.4 Å². The van der Waals surface area contributed by atoms with Crippen molar-refractivity contribution < 1.29 is 4.52 Å². The largest absolute Gasteiger partial charge is 0.384 e. The fraction of sp³-hybridized carbons (Fsp3) is 0.375. The number of hydrogen-bond donors (Lipinski definition) is 1. The molecular weight excluding hydrogens is 292 g/mol. The van der Waals surface area contributed by atoms with Crippen molar-refractivity contribution in [2.24, 2.45) is 0 Å². The van der Waals surface area contributed by atoms with Crippen molar-refractivity contribution in [2.45, 2.75) is 38.6 Å². The molecule has 0 aliphatic heterocycles. The summed E-state index contributed by atoms with van der Waals surface area (Å²) in [6.45, 7) is 0.564. The van der Waals surface area contributed by atoms with Gasteiger partial charge in [0.15, 0.2) is 0 Å². The molecule has 7 heteroatoms. The van der Waals surface area contributed by atoms with Gasteiger partial charge in [-0.2, -0.15) is 0 Å². The van der Waals surface area contributed by atoms with Crippen LogP contribution < -0.4 is 5.73 Å². The minimum atomic E-state index is 0.471. The standard InChI is InChI=1S/C16H18N6O/c17-16-8-4-6-12(18-16)14-10-22(21-19-14)9-13-11-5-2-1-3-7-15(11)23-20-13/h4,6,8,10H,1-3,5,7,9H2,(H2,17,18). The van der Waals surface area contributed by atoms with Crippen molar-refractivity contribution in [3.8, 4) is 11.4 Å². The van der Waals surface area contributed by atoms with E-state index in [0.29, 0.717) is 18.1 Å². The Hall–Kier alpha value is -2.70. The number of nitrogens with zero attached hydrogens (tertiary/aromatic N) is 5. The molecule has 1 aliphatic carbocycles. The molecule has 4 rings (SSSR count).